The summed E-state index contributed by atoms with van der Waals surface area (Å²) < 4.78 is 5.65. The SMILES string of the molecule is CCOc1ccc2c(c1)[C@]1(C)CCN(C)C1N2C. The maximum Gasteiger partial charge on any atom is 0.119 e. The van der Waals surface area contributed by atoms with E-state index >= 15 is 0 Å². The lowest BCUT2D eigenvalue weighted by Crippen LogP contribution is -2.45. The Bertz CT molecular complexity index is 474. The molecular weight excluding hydrogens is 224 g/mol. The summed E-state index contributed by atoms with van der Waals surface area (Å²) in [5.74, 6) is 1.00. The molecule has 0 aromatic heterocycles. The Labute approximate surface area is 109 Å². The number of rotatable bonds is 2. The van der Waals surface area contributed by atoms with Gasteiger partial charge in [0, 0.05) is 24.7 Å². The van der Waals surface area contributed by atoms with Crippen LogP contribution in [0.2, 0.25) is 0 Å². The topological polar surface area (TPSA) is 15.7 Å². The second-order valence-corrected chi connectivity index (χ2v) is 5.74. The molecule has 0 saturated carbocycles. The Morgan fingerprint density at radius 2 is 2.17 bits per heavy atom. The van der Waals surface area contributed by atoms with E-state index in [1.165, 1.54) is 24.2 Å². The minimum Gasteiger partial charge on any atom is -0.494 e. The monoisotopic (exact) mass is 246 g/mol. The van der Waals surface area contributed by atoms with E-state index in [-0.39, 0.29) is 5.41 Å². The number of benzene rings is 1. The number of fused-ring (bicyclic) bond motifs is 3. The molecule has 0 N–H and O–H groups in total. The van der Waals surface area contributed by atoms with Crippen molar-refractivity contribution in [1.82, 2.24) is 4.90 Å². The Morgan fingerprint density at radius 3 is 2.89 bits per heavy atom. The summed E-state index contributed by atoms with van der Waals surface area (Å²) in [5, 5.41) is 0. The minimum absolute atomic E-state index is 0.242. The molecule has 3 rings (SSSR count). The molecule has 3 heteroatoms. The molecule has 1 aromatic rings. The van der Waals surface area contributed by atoms with Gasteiger partial charge in [0.05, 0.1) is 12.8 Å². The third-order valence-electron chi connectivity index (χ3n) is 4.61. The smallest absolute Gasteiger partial charge is 0.119 e. The Morgan fingerprint density at radius 1 is 1.39 bits per heavy atom. The maximum absolute atomic E-state index is 5.65. The van der Waals surface area contributed by atoms with E-state index in [0.29, 0.717) is 6.17 Å². The van der Waals surface area contributed by atoms with Crippen molar-refractivity contribution in [3.05, 3.63) is 23.8 Å². The molecular formula is C15H22N2O. The standard InChI is InChI=1S/C15H22N2O/c1-5-18-11-6-7-13-12(10-11)15(2)8-9-16(3)14(15)17(13)4/h6-7,10,14H,5,8-9H2,1-4H3/t14?,15-/m0/s1. The van der Waals surface area contributed by atoms with Gasteiger partial charge in [-0.1, -0.05) is 6.92 Å². The van der Waals surface area contributed by atoms with Gasteiger partial charge in [-0.15, -0.1) is 0 Å². The number of likely N-dealkylation sites (N-methyl/N-ethyl adjacent to an activating group) is 2. The summed E-state index contributed by atoms with van der Waals surface area (Å²) in [4.78, 5) is 4.87. The van der Waals surface area contributed by atoms with E-state index in [2.05, 4.69) is 49.0 Å². The molecule has 1 saturated heterocycles. The molecule has 0 bridgehead atoms. The molecule has 0 spiro atoms. The molecule has 98 valence electrons. The summed E-state index contributed by atoms with van der Waals surface area (Å²) >= 11 is 0. The molecule has 2 heterocycles. The highest BCUT2D eigenvalue weighted by molar-refractivity contribution is 5.66. The van der Waals surface area contributed by atoms with Gasteiger partial charge in [-0.05, 0) is 44.2 Å². The van der Waals surface area contributed by atoms with Crippen LogP contribution < -0.4 is 9.64 Å². The Balaban J connectivity index is 2.08. The van der Waals surface area contributed by atoms with E-state index < -0.39 is 0 Å². The van der Waals surface area contributed by atoms with Crippen LogP contribution in [0.25, 0.3) is 0 Å². The zero-order chi connectivity index (χ0) is 12.9. The lowest BCUT2D eigenvalue weighted by molar-refractivity contribution is 0.268. The number of anilines is 1. The first-order valence-corrected chi connectivity index (χ1v) is 6.78. The fourth-order valence-electron chi connectivity index (χ4n) is 3.81. The van der Waals surface area contributed by atoms with Gasteiger partial charge >= 0.3 is 0 Å². The van der Waals surface area contributed by atoms with E-state index in [1.807, 2.05) is 6.92 Å². The molecule has 3 nitrogen and oxygen atoms in total. The molecule has 2 aliphatic heterocycles. The van der Waals surface area contributed by atoms with Crippen LogP contribution in [-0.2, 0) is 5.41 Å². The molecule has 0 aliphatic carbocycles. The minimum atomic E-state index is 0.242. The predicted octanol–water partition coefficient (Wildman–Crippen LogP) is 2.45. The van der Waals surface area contributed by atoms with Gasteiger partial charge in [-0.3, -0.25) is 4.90 Å². The van der Waals surface area contributed by atoms with Crippen LogP contribution >= 0.6 is 0 Å². The molecule has 1 unspecified atom stereocenters. The first-order valence-electron chi connectivity index (χ1n) is 6.78. The lowest BCUT2D eigenvalue weighted by atomic mass is 9.81. The quantitative estimate of drug-likeness (QED) is 0.797. The van der Waals surface area contributed by atoms with Gasteiger partial charge < -0.3 is 9.64 Å². The second kappa shape index (κ2) is 3.89. The molecule has 1 aromatic carbocycles. The third-order valence-corrected chi connectivity index (χ3v) is 4.61. The van der Waals surface area contributed by atoms with Gasteiger partial charge in [-0.2, -0.15) is 0 Å². The predicted molar refractivity (Wildman–Crippen MR) is 74.4 cm³/mol. The zero-order valence-corrected chi connectivity index (χ0v) is 11.7. The molecule has 0 amide bonds. The van der Waals surface area contributed by atoms with Gasteiger partial charge in [-0.25, -0.2) is 0 Å². The van der Waals surface area contributed by atoms with Crippen LogP contribution in [0.4, 0.5) is 5.69 Å². The normalized spacial score (nSPS) is 30.4. The van der Waals surface area contributed by atoms with Crippen molar-refractivity contribution >= 4 is 5.69 Å². The Hall–Kier alpha value is -1.22. The van der Waals surface area contributed by atoms with Gasteiger partial charge in [0.25, 0.3) is 0 Å². The Kier molecular flexibility index (Phi) is 2.56. The highest BCUT2D eigenvalue weighted by atomic mass is 16.5. The average Bonchev–Trinajstić information content (AvgIpc) is 2.76. The third kappa shape index (κ3) is 1.40. The molecule has 2 aliphatic rings. The maximum atomic E-state index is 5.65. The summed E-state index contributed by atoms with van der Waals surface area (Å²) in [6, 6.07) is 6.54. The van der Waals surface area contributed by atoms with Gasteiger partial charge in [0.15, 0.2) is 0 Å². The van der Waals surface area contributed by atoms with Gasteiger partial charge in [0.1, 0.15) is 5.75 Å². The number of hydrogen-bond acceptors (Lipinski definition) is 3. The number of hydrogen-bond donors (Lipinski definition) is 0. The van der Waals surface area contributed by atoms with Crippen LogP contribution in [0, 0.1) is 0 Å². The summed E-state index contributed by atoms with van der Waals surface area (Å²) in [6.45, 7) is 6.32. The summed E-state index contributed by atoms with van der Waals surface area (Å²) in [6.07, 6.45) is 1.71. The van der Waals surface area contributed by atoms with Crippen molar-refractivity contribution in [3.63, 3.8) is 0 Å². The average molecular weight is 246 g/mol. The van der Waals surface area contributed by atoms with Crippen LogP contribution in [0.15, 0.2) is 18.2 Å². The van der Waals surface area contributed by atoms with E-state index in [1.54, 1.807) is 0 Å². The van der Waals surface area contributed by atoms with Crippen molar-refractivity contribution in [2.45, 2.75) is 31.8 Å². The highest BCUT2D eigenvalue weighted by Crippen LogP contribution is 2.51. The fourth-order valence-corrected chi connectivity index (χ4v) is 3.81. The largest absolute Gasteiger partial charge is 0.494 e. The van der Waals surface area contributed by atoms with Crippen molar-refractivity contribution in [2.24, 2.45) is 0 Å². The summed E-state index contributed by atoms with van der Waals surface area (Å²) in [5.41, 5.74) is 3.05. The van der Waals surface area contributed by atoms with Crippen LogP contribution in [-0.4, -0.2) is 38.3 Å². The lowest BCUT2D eigenvalue weighted by Gasteiger charge is -2.32. The zero-order valence-electron chi connectivity index (χ0n) is 11.7. The second-order valence-electron chi connectivity index (χ2n) is 5.74. The molecule has 0 radical (unpaired) electrons. The van der Waals surface area contributed by atoms with Crippen molar-refractivity contribution in [1.29, 1.82) is 0 Å². The van der Waals surface area contributed by atoms with Crippen LogP contribution in [0.1, 0.15) is 25.8 Å². The number of ether oxygens (including phenoxy) is 1. The van der Waals surface area contributed by atoms with Crippen LogP contribution in [0.5, 0.6) is 5.75 Å². The summed E-state index contributed by atoms with van der Waals surface area (Å²) in [7, 11) is 4.43. The van der Waals surface area contributed by atoms with Gasteiger partial charge in [0.2, 0.25) is 0 Å². The first-order chi connectivity index (χ1) is 8.58. The van der Waals surface area contributed by atoms with Crippen molar-refractivity contribution in [2.75, 3.05) is 32.1 Å². The molecule has 2 atom stereocenters. The van der Waals surface area contributed by atoms with Crippen molar-refractivity contribution in [3.8, 4) is 5.75 Å². The van der Waals surface area contributed by atoms with E-state index in [9.17, 15) is 0 Å². The van der Waals surface area contributed by atoms with Crippen LogP contribution in [0.3, 0.4) is 0 Å². The highest BCUT2D eigenvalue weighted by Gasteiger charge is 2.52. The van der Waals surface area contributed by atoms with Crippen molar-refractivity contribution < 1.29 is 4.74 Å². The van der Waals surface area contributed by atoms with E-state index in [0.717, 1.165) is 12.4 Å². The fraction of sp³-hybridized carbons (Fsp3) is 0.600. The molecule has 1 fully saturated rings. The number of nitrogens with zero attached hydrogens (tertiary/aromatic N) is 2. The number of likely N-dealkylation sites (tertiary alicyclic amines) is 1. The molecule has 18 heavy (non-hydrogen) atoms. The first kappa shape index (κ1) is 11.8. The van der Waals surface area contributed by atoms with E-state index in [4.69, 9.17) is 4.74 Å².